The van der Waals surface area contributed by atoms with E-state index in [4.69, 9.17) is 5.11 Å². The minimum atomic E-state index is -1.12. The van der Waals surface area contributed by atoms with Crippen LogP contribution >= 0.6 is 0 Å². The number of hydrogen-bond acceptors (Lipinski definition) is 4. The van der Waals surface area contributed by atoms with Gasteiger partial charge in [-0.3, -0.25) is 4.79 Å². The Morgan fingerprint density at radius 1 is 1.17 bits per heavy atom. The molecule has 0 atom stereocenters. The quantitative estimate of drug-likeness (QED) is 0.487. The molecule has 5 nitrogen and oxygen atoms in total. The fourth-order valence-corrected chi connectivity index (χ4v) is 0.546. The van der Waals surface area contributed by atoms with Crippen molar-refractivity contribution in [3.05, 3.63) is 0 Å². The van der Waals surface area contributed by atoms with Crippen LogP contribution < -0.4 is 11.3 Å². The van der Waals surface area contributed by atoms with E-state index in [0.29, 0.717) is 12.8 Å². The van der Waals surface area contributed by atoms with Gasteiger partial charge in [0.25, 0.3) is 0 Å². The number of carboxylic acids is 2. The molecule has 0 bridgehead atoms. The van der Waals surface area contributed by atoms with Gasteiger partial charge in [-0.25, -0.2) is 0 Å². The maximum Gasteiger partial charge on any atom is 0.303 e. The number of carbonyl (C=O) groups excluding carboxylic acids is 1. The van der Waals surface area contributed by atoms with E-state index in [9.17, 15) is 14.7 Å². The van der Waals surface area contributed by atoms with Crippen LogP contribution in [0.3, 0.4) is 0 Å². The van der Waals surface area contributed by atoms with Gasteiger partial charge >= 0.3 is 5.97 Å². The van der Waals surface area contributed by atoms with Crippen LogP contribution in [0.4, 0.5) is 0 Å². The summed E-state index contributed by atoms with van der Waals surface area (Å²) in [7, 11) is 0. The summed E-state index contributed by atoms with van der Waals surface area (Å²) in [5.41, 5.74) is 0. The van der Waals surface area contributed by atoms with Crippen LogP contribution in [0.1, 0.15) is 25.7 Å². The summed E-state index contributed by atoms with van der Waals surface area (Å²) in [5, 5.41) is 17.9. The normalized spacial score (nSPS) is 7.67. The number of carboxylic acid groups (broad SMARTS) is 2. The molecular formula is C6H12NO4Zn-. The summed E-state index contributed by atoms with van der Waals surface area (Å²) in [6, 6.07) is 0. The summed E-state index contributed by atoms with van der Waals surface area (Å²) in [5.74, 6) is -2.01. The SMILES string of the molecule is N.O=C([O-])CCCCC(=O)O.[Zn]. The van der Waals surface area contributed by atoms with Gasteiger partial charge in [0.15, 0.2) is 0 Å². The number of unbranched alkanes of at least 4 members (excludes halogenated alkanes) is 1. The van der Waals surface area contributed by atoms with E-state index in [2.05, 4.69) is 0 Å². The maximum absolute atomic E-state index is 9.88. The van der Waals surface area contributed by atoms with Crippen molar-refractivity contribution >= 4 is 11.9 Å². The molecule has 0 radical (unpaired) electrons. The molecule has 0 spiro atoms. The molecule has 0 aliphatic carbocycles. The summed E-state index contributed by atoms with van der Waals surface area (Å²) < 4.78 is 0. The van der Waals surface area contributed by atoms with Crippen molar-refractivity contribution in [2.45, 2.75) is 25.7 Å². The van der Waals surface area contributed by atoms with Gasteiger partial charge in [-0.1, -0.05) is 0 Å². The molecule has 0 unspecified atom stereocenters. The summed E-state index contributed by atoms with van der Waals surface area (Å²) in [4.78, 5) is 19.7. The van der Waals surface area contributed by atoms with Crippen molar-refractivity contribution in [2.24, 2.45) is 0 Å². The van der Waals surface area contributed by atoms with Crippen molar-refractivity contribution in [1.29, 1.82) is 0 Å². The van der Waals surface area contributed by atoms with Crippen LogP contribution in [0, 0.1) is 0 Å². The van der Waals surface area contributed by atoms with Gasteiger partial charge in [-0.2, -0.15) is 0 Å². The smallest absolute Gasteiger partial charge is 0.303 e. The largest absolute Gasteiger partial charge is 0.550 e. The van der Waals surface area contributed by atoms with Gasteiger partial charge in [0.2, 0.25) is 0 Å². The molecule has 0 amide bonds. The molecule has 0 aromatic heterocycles. The van der Waals surface area contributed by atoms with Crippen LogP contribution in [0.15, 0.2) is 0 Å². The first-order valence-corrected chi connectivity index (χ1v) is 3.04. The Morgan fingerprint density at radius 3 is 1.92 bits per heavy atom. The van der Waals surface area contributed by atoms with Crippen molar-refractivity contribution in [3.8, 4) is 0 Å². The first kappa shape index (κ1) is 17.6. The third-order valence-electron chi connectivity index (χ3n) is 1.02. The standard InChI is InChI=1S/C6H10O4.H3N.Zn/c7-5(8)3-1-2-4-6(9)10;;/h1-4H2,(H,7,8)(H,9,10);1H3;/p-1. The Labute approximate surface area is 83.5 Å². The van der Waals surface area contributed by atoms with Gasteiger partial charge in [0.05, 0.1) is 0 Å². The molecular weight excluding hydrogens is 215 g/mol. The second kappa shape index (κ2) is 10.5. The van der Waals surface area contributed by atoms with Crippen molar-refractivity contribution in [3.63, 3.8) is 0 Å². The Bertz CT molecular complexity index is 124. The molecule has 6 heteroatoms. The molecule has 12 heavy (non-hydrogen) atoms. The second-order valence-electron chi connectivity index (χ2n) is 1.97. The molecule has 0 saturated heterocycles. The number of carbonyl (C=O) groups is 2. The Morgan fingerprint density at radius 2 is 1.58 bits per heavy atom. The second-order valence-corrected chi connectivity index (χ2v) is 1.97. The van der Waals surface area contributed by atoms with Gasteiger partial charge in [-0.15, -0.1) is 0 Å². The fourth-order valence-electron chi connectivity index (χ4n) is 0.546. The molecule has 4 N–H and O–H groups in total. The fraction of sp³-hybridized carbons (Fsp3) is 0.667. The molecule has 0 aliphatic heterocycles. The van der Waals surface area contributed by atoms with Gasteiger partial charge in [0.1, 0.15) is 0 Å². The predicted octanol–water partition coefficient (Wildman–Crippen LogP) is -0.459. The molecule has 0 aliphatic rings. The van der Waals surface area contributed by atoms with E-state index in [1.165, 1.54) is 0 Å². The zero-order valence-electron chi connectivity index (χ0n) is 6.91. The number of hydrogen-bond donors (Lipinski definition) is 2. The van der Waals surface area contributed by atoms with Gasteiger partial charge < -0.3 is 21.2 Å². The minimum absolute atomic E-state index is 0. The average Bonchev–Trinajstić information content (AvgIpc) is 1.79. The molecule has 0 aromatic rings. The third kappa shape index (κ3) is 16.3. The topological polar surface area (TPSA) is 112 Å². The Hall–Kier alpha value is -0.477. The average molecular weight is 228 g/mol. The van der Waals surface area contributed by atoms with Crippen molar-refractivity contribution < 1.29 is 39.3 Å². The van der Waals surface area contributed by atoms with E-state index in [1.54, 1.807) is 0 Å². The molecule has 0 fully saturated rings. The summed E-state index contributed by atoms with van der Waals surface area (Å²) in [6.45, 7) is 0. The van der Waals surface area contributed by atoms with Crippen LogP contribution in [0.25, 0.3) is 0 Å². The number of aliphatic carboxylic acids is 2. The first-order valence-electron chi connectivity index (χ1n) is 3.04. The van der Waals surface area contributed by atoms with E-state index in [0.717, 1.165) is 0 Å². The molecule has 0 aromatic carbocycles. The van der Waals surface area contributed by atoms with Crippen LogP contribution in [0.2, 0.25) is 0 Å². The minimum Gasteiger partial charge on any atom is -0.550 e. The summed E-state index contributed by atoms with van der Waals surface area (Å²) in [6.07, 6.45) is 0.776. The van der Waals surface area contributed by atoms with Crippen LogP contribution in [0.5, 0.6) is 0 Å². The van der Waals surface area contributed by atoms with Crippen LogP contribution in [-0.2, 0) is 29.1 Å². The van der Waals surface area contributed by atoms with Crippen molar-refractivity contribution in [2.75, 3.05) is 0 Å². The molecule has 0 rings (SSSR count). The monoisotopic (exact) mass is 226 g/mol. The van der Waals surface area contributed by atoms with E-state index in [1.807, 2.05) is 0 Å². The Kier molecular flexibility index (Phi) is 15.4. The van der Waals surface area contributed by atoms with E-state index >= 15 is 0 Å². The molecule has 0 heterocycles. The Balaban J connectivity index is -0.000000405. The maximum atomic E-state index is 9.88. The van der Waals surface area contributed by atoms with Gasteiger partial charge in [-0.05, 0) is 19.3 Å². The number of rotatable bonds is 5. The van der Waals surface area contributed by atoms with E-state index < -0.39 is 11.9 Å². The molecule has 0 saturated carbocycles. The van der Waals surface area contributed by atoms with Crippen LogP contribution in [-0.4, -0.2) is 17.0 Å². The zero-order chi connectivity index (χ0) is 7.98. The van der Waals surface area contributed by atoms with E-state index in [-0.39, 0.29) is 38.5 Å². The van der Waals surface area contributed by atoms with Gasteiger partial charge in [0, 0.05) is 31.9 Å². The third-order valence-corrected chi connectivity index (χ3v) is 1.02. The molecule has 68 valence electrons. The first-order chi connectivity index (χ1) is 4.63. The predicted molar refractivity (Wildman–Crippen MR) is 36.1 cm³/mol. The summed E-state index contributed by atoms with van der Waals surface area (Å²) >= 11 is 0. The van der Waals surface area contributed by atoms with Crippen molar-refractivity contribution in [1.82, 2.24) is 6.15 Å². The zero-order valence-corrected chi connectivity index (χ0v) is 9.88.